The van der Waals surface area contributed by atoms with Gasteiger partial charge in [0.15, 0.2) is 23.0 Å². The Morgan fingerprint density at radius 1 is 1.17 bits per heavy atom. The number of benzene rings is 2. The normalized spacial score (nSPS) is 15.7. The van der Waals surface area contributed by atoms with Crippen molar-refractivity contribution in [1.82, 2.24) is 5.43 Å². The lowest BCUT2D eigenvalue weighted by atomic mass is 9.87. The average Bonchev–Trinajstić information content (AvgIpc) is 2.73. The Balaban J connectivity index is 1.68. The Morgan fingerprint density at radius 2 is 1.83 bits per heavy atom. The molecule has 8 heteroatoms. The summed E-state index contributed by atoms with van der Waals surface area (Å²) < 4.78 is 21.7. The molecule has 2 aromatic rings. The third-order valence-corrected chi connectivity index (χ3v) is 4.65. The molecule has 0 aliphatic carbocycles. The number of hydrazone groups is 1. The SMILES string of the molecule is COc1cc(/C=N/NC(=O)[C@@H]2COc3ccc(C(C)(C)C)cc3O2)cc(OC)c1O. The molecule has 8 nitrogen and oxygen atoms in total. The molecular formula is C22H26N2O6. The molecule has 0 unspecified atom stereocenters. The van der Waals surface area contributed by atoms with Crippen LogP contribution in [0.4, 0.5) is 0 Å². The van der Waals surface area contributed by atoms with Crippen LogP contribution < -0.4 is 24.4 Å². The van der Waals surface area contributed by atoms with E-state index in [0.29, 0.717) is 17.1 Å². The number of nitrogens with zero attached hydrogens (tertiary/aromatic N) is 1. The highest BCUT2D eigenvalue weighted by Crippen LogP contribution is 2.37. The Hall–Kier alpha value is -3.42. The van der Waals surface area contributed by atoms with Crippen molar-refractivity contribution in [2.75, 3.05) is 20.8 Å². The highest BCUT2D eigenvalue weighted by atomic mass is 16.6. The molecule has 1 aliphatic rings. The second kappa shape index (κ2) is 8.52. The number of hydrogen-bond acceptors (Lipinski definition) is 7. The Labute approximate surface area is 175 Å². The molecule has 3 rings (SSSR count). The van der Waals surface area contributed by atoms with Gasteiger partial charge in [0.2, 0.25) is 11.9 Å². The molecule has 1 heterocycles. The lowest BCUT2D eigenvalue weighted by molar-refractivity contribution is -0.130. The largest absolute Gasteiger partial charge is 0.502 e. The predicted molar refractivity (Wildman–Crippen MR) is 112 cm³/mol. The van der Waals surface area contributed by atoms with Crippen molar-refractivity contribution in [3.05, 3.63) is 41.5 Å². The van der Waals surface area contributed by atoms with Crippen molar-refractivity contribution >= 4 is 12.1 Å². The van der Waals surface area contributed by atoms with Gasteiger partial charge in [0.1, 0.15) is 6.61 Å². The minimum atomic E-state index is -0.825. The average molecular weight is 414 g/mol. The van der Waals surface area contributed by atoms with E-state index in [1.807, 2.05) is 18.2 Å². The minimum Gasteiger partial charge on any atom is -0.502 e. The van der Waals surface area contributed by atoms with Crippen LogP contribution in [-0.4, -0.2) is 44.2 Å². The van der Waals surface area contributed by atoms with Gasteiger partial charge >= 0.3 is 0 Å². The van der Waals surface area contributed by atoms with Crippen LogP contribution in [-0.2, 0) is 10.2 Å². The summed E-state index contributed by atoms with van der Waals surface area (Å²) in [6, 6.07) is 8.88. The fraction of sp³-hybridized carbons (Fsp3) is 0.364. The Bertz CT molecular complexity index is 940. The molecule has 1 amide bonds. The molecular weight excluding hydrogens is 388 g/mol. The highest BCUT2D eigenvalue weighted by molar-refractivity contribution is 5.86. The lowest BCUT2D eigenvalue weighted by Crippen LogP contribution is -2.42. The van der Waals surface area contributed by atoms with E-state index in [2.05, 4.69) is 31.3 Å². The molecule has 30 heavy (non-hydrogen) atoms. The van der Waals surface area contributed by atoms with E-state index in [4.69, 9.17) is 18.9 Å². The summed E-state index contributed by atoms with van der Waals surface area (Å²) in [5, 5.41) is 13.9. The third-order valence-electron chi connectivity index (χ3n) is 4.65. The van der Waals surface area contributed by atoms with Gasteiger partial charge in [-0.3, -0.25) is 4.79 Å². The van der Waals surface area contributed by atoms with E-state index >= 15 is 0 Å². The Kier molecular flexibility index (Phi) is 6.05. The van der Waals surface area contributed by atoms with Gasteiger partial charge in [-0.25, -0.2) is 5.43 Å². The van der Waals surface area contributed by atoms with Crippen LogP contribution in [0.15, 0.2) is 35.4 Å². The van der Waals surface area contributed by atoms with Gasteiger partial charge in [0, 0.05) is 5.56 Å². The van der Waals surface area contributed by atoms with E-state index in [1.165, 1.54) is 20.4 Å². The van der Waals surface area contributed by atoms with Gasteiger partial charge < -0.3 is 24.1 Å². The first-order valence-electron chi connectivity index (χ1n) is 9.45. The number of methoxy groups -OCH3 is 2. The Morgan fingerprint density at radius 3 is 2.43 bits per heavy atom. The predicted octanol–water partition coefficient (Wildman–Crippen LogP) is 3.00. The number of hydrogen-bond donors (Lipinski definition) is 2. The van der Waals surface area contributed by atoms with Crippen LogP contribution in [0.1, 0.15) is 31.9 Å². The monoisotopic (exact) mass is 414 g/mol. The van der Waals surface area contributed by atoms with Crippen molar-refractivity contribution in [2.24, 2.45) is 5.10 Å². The number of ether oxygens (including phenoxy) is 4. The number of aromatic hydroxyl groups is 1. The summed E-state index contributed by atoms with van der Waals surface area (Å²) in [6.07, 6.45) is 0.589. The maximum absolute atomic E-state index is 12.5. The van der Waals surface area contributed by atoms with Crippen molar-refractivity contribution < 1.29 is 28.8 Å². The number of rotatable bonds is 5. The first-order chi connectivity index (χ1) is 14.2. The molecule has 2 N–H and O–H groups in total. The maximum atomic E-state index is 12.5. The number of fused-ring (bicyclic) bond motifs is 1. The van der Waals surface area contributed by atoms with Gasteiger partial charge in [0.25, 0.3) is 5.91 Å². The van der Waals surface area contributed by atoms with Crippen LogP contribution in [0.5, 0.6) is 28.7 Å². The number of carbonyl (C=O) groups is 1. The zero-order chi connectivity index (χ0) is 21.9. The number of amides is 1. The van der Waals surface area contributed by atoms with Gasteiger partial charge in [-0.05, 0) is 35.2 Å². The molecule has 160 valence electrons. The van der Waals surface area contributed by atoms with E-state index < -0.39 is 12.0 Å². The second-order valence-corrected chi connectivity index (χ2v) is 7.84. The van der Waals surface area contributed by atoms with Crippen molar-refractivity contribution in [1.29, 1.82) is 0 Å². The molecule has 0 fully saturated rings. The number of phenolic OH excluding ortho intramolecular Hbond substituents is 1. The van der Waals surface area contributed by atoms with Crippen LogP contribution in [0.3, 0.4) is 0 Å². The molecule has 0 radical (unpaired) electrons. The topological polar surface area (TPSA) is 98.6 Å². The number of phenols is 1. The molecule has 0 aromatic heterocycles. The second-order valence-electron chi connectivity index (χ2n) is 7.84. The quantitative estimate of drug-likeness (QED) is 0.577. The highest BCUT2D eigenvalue weighted by Gasteiger charge is 2.28. The number of carbonyl (C=O) groups excluding carboxylic acids is 1. The minimum absolute atomic E-state index is 0.0515. The molecule has 0 spiro atoms. The summed E-state index contributed by atoms with van der Waals surface area (Å²) >= 11 is 0. The van der Waals surface area contributed by atoms with E-state index in [9.17, 15) is 9.90 Å². The molecule has 0 saturated heterocycles. The van der Waals surface area contributed by atoms with Gasteiger partial charge in [-0.2, -0.15) is 5.10 Å². The molecule has 0 saturated carbocycles. The van der Waals surface area contributed by atoms with Crippen LogP contribution in [0.25, 0.3) is 0 Å². The van der Waals surface area contributed by atoms with Crippen LogP contribution >= 0.6 is 0 Å². The lowest BCUT2D eigenvalue weighted by Gasteiger charge is -2.27. The van der Waals surface area contributed by atoms with E-state index in [-0.39, 0.29) is 29.3 Å². The number of nitrogens with one attached hydrogen (secondary N) is 1. The summed E-state index contributed by atoms with van der Waals surface area (Å²) in [4.78, 5) is 12.5. The third kappa shape index (κ3) is 4.59. The molecule has 1 aliphatic heterocycles. The van der Waals surface area contributed by atoms with Crippen molar-refractivity contribution in [3.8, 4) is 28.7 Å². The molecule has 2 aromatic carbocycles. The smallest absolute Gasteiger partial charge is 0.284 e. The summed E-state index contributed by atoms with van der Waals surface area (Å²) in [6.45, 7) is 6.39. The standard InChI is InChI=1S/C22H26N2O6/c1-22(2,3)14-6-7-15-16(10-14)30-19(12-29-15)21(26)24-23-11-13-8-17(27-4)20(25)18(9-13)28-5/h6-11,19,25H,12H2,1-5H3,(H,24,26)/b23-11+/t19-/m0/s1. The summed E-state index contributed by atoms with van der Waals surface area (Å²) in [7, 11) is 2.86. The van der Waals surface area contributed by atoms with E-state index in [1.54, 1.807) is 12.1 Å². The van der Waals surface area contributed by atoms with Gasteiger partial charge in [-0.15, -0.1) is 0 Å². The first kappa shape index (κ1) is 21.3. The van der Waals surface area contributed by atoms with Crippen LogP contribution in [0.2, 0.25) is 0 Å². The van der Waals surface area contributed by atoms with E-state index in [0.717, 1.165) is 5.56 Å². The first-order valence-corrected chi connectivity index (χ1v) is 9.45. The summed E-state index contributed by atoms with van der Waals surface area (Å²) in [5.74, 6) is 1.07. The molecule has 1 atom stereocenters. The fourth-order valence-electron chi connectivity index (χ4n) is 2.90. The van der Waals surface area contributed by atoms with Crippen molar-refractivity contribution in [2.45, 2.75) is 32.3 Å². The zero-order valence-electron chi connectivity index (χ0n) is 17.7. The zero-order valence-corrected chi connectivity index (χ0v) is 17.7. The van der Waals surface area contributed by atoms with Crippen molar-refractivity contribution in [3.63, 3.8) is 0 Å². The fourth-order valence-corrected chi connectivity index (χ4v) is 2.90. The summed E-state index contributed by atoms with van der Waals surface area (Å²) in [5.41, 5.74) is 4.05. The van der Waals surface area contributed by atoms with Gasteiger partial charge in [0.05, 0.1) is 20.4 Å². The van der Waals surface area contributed by atoms with Gasteiger partial charge in [-0.1, -0.05) is 26.8 Å². The maximum Gasteiger partial charge on any atom is 0.284 e. The van der Waals surface area contributed by atoms with Crippen LogP contribution in [0, 0.1) is 0 Å². The molecule has 0 bridgehead atoms.